The first kappa shape index (κ1) is 25.0. The van der Waals surface area contributed by atoms with E-state index >= 15 is 0 Å². The zero-order chi connectivity index (χ0) is 23.6. The van der Waals surface area contributed by atoms with Gasteiger partial charge in [0.15, 0.2) is 0 Å². The van der Waals surface area contributed by atoms with Crippen LogP contribution in [0.1, 0.15) is 24.6 Å². The maximum Gasteiger partial charge on any atom is 0.479 e. The summed E-state index contributed by atoms with van der Waals surface area (Å²) >= 11 is 1.41. The van der Waals surface area contributed by atoms with Gasteiger partial charge in [-0.15, -0.1) is 11.3 Å². The SMILES string of the molecule is C[C@H]1COP(=O)(OC(c2ccc(N(C)CCN(C)c3ccccn3)s2)[P+]2(O)OC[C@H](C)O2)O1. The highest BCUT2D eigenvalue weighted by Crippen LogP contribution is 2.76. The predicted molar refractivity (Wildman–Crippen MR) is 129 cm³/mol. The molecule has 3 unspecified atom stereocenters. The van der Waals surface area contributed by atoms with E-state index in [9.17, 15) is 9.46 Å². The predicted octanol–water partition coefficient (Wildman–Crippen LogP) is 4.46. The van der Waals surface area contributed by atoms with E-state index in [4.69, 9.17) is 22.6 Å². The zero-order valence-electron chi connectivity index (χ0n) is 19.1. The maximum absolute atomic E-state index is 13.0. The Labute approximate surface area is 198 Å². The third kappa shape index (κ3) is 5.93. The number of hydrogen-bond acceptors (Lipinski definition) is 11. The number of anilines is 2. The van der Waals surface area contributed by atoms with Gasteiger partial charge in [0.1, 0.15) is 18.5 Å². The molecule has 0 aromatic carbocycles. The van der Waals surface area contributed by atoms with Crippen molar-refractivity contribution in [3.63, 3.8) is 0 Å². The number of thiophene rings is 1. The summed E-state index contributed by atoms with van der Waals surface area (Å²) in [7, 11) is -3.36. The maximum atomic E-state index is 13.0. The minimum absolute atomic E-state index is 0.154. The monoisotopic (exact) mass is 518 g/mol. The van der Waals surface area contributed by atoms with Gasteiger partial charge in [-0.25, -0.2) is 14.1 Å². The number of phosphoric ester groups is 1. The number of phosphoric acid groups is 1. The lowest BCUT2D eigenvalue weighted by Crippen LogP contribution is -2.30. The Morgan fingerprint density at radius 3 is 2.64 bits per heavy atom. The van der Waals surface area contributed by atoms with E-state index in [1.807, 2.05) is 44.4 Å². The van der Waals surface area contributed by atoms with Gasteiger partial charge in [-0.3, -0.25) is 9.05 Å². The van der Waals surface area contributed by atoms with E-state index < -0.39 is 21.6 Å². The van der Waals surface area contributed by atoms with Crippen molar-refractivity contribution in [2.45, 2.75) is 31.9 Å². The highest BCUT2D eigenvalue weighted by molar-refractivity contribution is 7.62. The summed E-state index contributed by atoms with van der Waals surface area (Å²) in [6.07, 6.45) is 1.10. The minimum atomic E-state index is -3.85. The van der Waals surface area contributed by atoms with Crippen molar-refractivity contribution in [1.29, 1.82) is 0 Å². The van der Waals surface area contributed by atoms with Crippen LogP contribution < -0.4 is 9.80 Å². The molecule has 10 nitrogen and oxygen atoms in total. The molecule has 2 aromatic heterocycles. The van der Waals surface area contributed by atoms with E-state index in [-0.39, 0.29) is 25.4 Å². The van der Waals surface area contributed by atoms with Gasteiger partial charge >= 0.3 is 15.8 Å². The van der Waals surface area contributed by atoms with E-state index in [2.05, 4.69) is 14.8 Å². The zero-order valence-corrected chi connectivity index (χ0v) is 21.7. The summed E-state index contributed by atoms with van der Waals surface area (Å²) in [5.74, 6) is -0.194. The molecule has 13 heteroatoms. The van der Waals surface area contributed by atoms with Crippen LogP contribution in [0.15, 0.2) is 36.5 Å². The Morgan fingerprint density at radius 1 is 1.21 bits per heavy atom. The van der Waals surface area contributed by atoms with Crippen LogP contribution in [0.3, 0.4) is 0 Å². The standard InChI is InChI=1S/C20H30N3O7P2S/c1-15-13-26-31(24,28-15)20(30-32(25)27-14-16(2)29-32)17-8-9-19(33-17)23(4)12-11-22(3)18-7-5-6-10-21-18/h5-10,15-16,20,24H,11-14H2,1-4H3/q+1/t15-,16-,20?,31?,32?/m0/s1. The molecule has 2 saturated heterocycles. The molecule has 0 saturated carbocycles. The summed E-state index contributed by atoms with van der Waals surface area (Å²) < 4.78 is 40.7. The molecule has 4 heterocycles. The highest BCUT2D eigenvalue weighted by atomic mass is 32.1. The fourth-order valence-corrected chi connectivity index (χ4v) is 8.87. The van der Waals surface area contributed by atoms with Crippen LogP contribution in [-0.4, -0.2) is 62.5 Å². The average Bonchev–Trinajstić information content (AvgIpc) is 3.50. The van der Waals surface area contributed by atoms with E-state index in [0.717, 1.165) is 23.9 Å². The van der Waals surface area contributed by atoms with Crippen molar-refractivity contribution in [2.75, 3.05) is 50.2 Å². The number of hydrogen-bond donors (Lipinski definition) is 1. The summed E-state index contributed by atoms with van der Waals surface area (Å²) in [5, 5.41) is 0.951. The molecule has 2 aliphatic rings. The number of rotatable bonds is 9. The number of pyridine rings is 1. The third-order valence-corrected chi connectivity index (χ3v) is 10.5. The molecule has 0 bridgehead atoms. The second-order valence-electron chi connectivity index (χ2n) is 8.10. The quantitative estimate of drug-likeness (QED) is 0.479. The summed E-state index contributed by atoms with van der Waals surface area (Å²) in [6.45, 7) is 5.42. The smallest absolute Gasteiger partial charge is 0.365 e. The van der Waals surface area contributed by atoms with Crippen LogP contribution in [0, 0.1) is 0 Å². The topological polar surface area (TPSA) is 103 Å². The van der Waals surface area contributed by atoms with E-state index in [1.165, 1.54) is 11.3 Å². The summed E-state index contributed by atoms with van der Waals surface area (Å²) in [5.41, 5.74) is 0. The Bertz CT molecular complexity index is 984. The van der Waals surface area contributed by atoms with Gasteiger partial charge in [0.05, 0.1) is 22.6 Å². The Balaban J connectivity index is 1.48. The minimum Gasteiger partial charge on any atom is -0.365 e. The van der Waals surface area contributed by atoms with Gasteiger partial charge < -0.3 is 9.80 Å². The second-order valence-corrected chi connectivity index (χ2v) is 12.8. The molecule has 5 atom stereocenters. The largest absolute Gasteiger partial charge is 0.479 e. The molecule has 0 aliphatic carbocycles. The molecule has 2 fully saturated rings. The van der Waals surface area contributed by atoms with Crippen LogP contribution in [-0.2, 0) is 27.2 Å². The first-order valence-electron chi connectivity index (χ1n) is 10.7. The average molecular weight is 518 g/mol. The Hall–Kier alpha value is -1.13. The molecule has 0 radical (unpaired) electrons. The first-order chi connectivity index (χ1) is 15.7. The first-order valence-corrected chi connectivity index (χ1v) is 14.6. The Kier molecular flexibility index (Phi) is 7.75. The lowest BCUT2D eigenvalue weighted by atomic mass is 10.4. The number of aromatic nitrogens is 1. The third-order valence-electron chi connectivity index (χ3n) is 5.17. The second kappa shape index (κ2) is 10.2. The normalized spacial score (nSPS) is 30.5. The Morgan fingerprint density at radius 2 is 2.00 bits per heavy atom. The van der Waals surface area contributed by atoms with Gasteiger partial charge in [0, 0.05) is 33.4 Å². The molecule has 0 amide bonds. The van der Waals surface area contributed by atoms with Crippen molar-refractivity contribution in [3.8, 4) is 0 Å². The molecule has 33 heavy (non-hydrogen) atoms. The van der Waals surface area contributed by atoms with Crippen LogP contribution in [0.5, 0.6) is 0 Å². The van der Waals surface area contributed by atoms with Crippen LogP contribution in [0.4, 0.5) is 10.8 Å². The van der Waals surface area contributed by atoms with Gasteiger partial charge in [0.25, 0.3) is 5.85 Å². The molecule has 4 rings (SSSR count). The van der Waals surface area contributed by atoms with Gasteiger partial charge in [0.2, 0.25) is 0 Å². The van der Waals surface area contributed by atoms with Gasteiger partial charge in [-0.05, 0) is 38.1 Å². The van der Waals surface area contributed by atoms with E-state index in [0.29, 0.717) is 4.88 Å². The molecule has 2 aliphatic heterocycles. The van der Waals surface area contributed by atoms with Crippen molar-refractivity contribution in [1.82, 2.24) is 4.98 Å². The molecule has 182 valence electrons. The van der Waals surface area contributed by atoms with Crippen molar-refractivity contribution in [2.24, 2.45) is 0 Å². The number of nitrogens with zero attached hydrogens (tertiary/aromatic N) is 3. The van der Waals surface area contributed by atoms with E-state index in [1.54, 1.807) is 20.0 Å². The lowest BCUT2D eigenvalue weighted by molar-refractivity contribution is 0.132. The van der Waals surface area contributed by atoms with Crippen LogP contribution in [0.25, 0.3) is 0 Å². The molecular weight excluding hydrogens is 488 g/mol. The van der Waals surface area contributed by atoms with Crippen molar-refractivity contribution < 1.29 is 32.1 Å². The van der Waals surface area contributed by atoms with Crippen molar-refractivity contribution in [3.05, 3.63) is 41.4 Å². The van der Waals surface area contributed by atoms with Gasteiger partial charge in [-0.2, -0.15) is 13.9 Å². The number of likely N-dealkylation sites (N-methyl/N-ethyl adjacent to an activating group) is 2. The van der Waals surface area contributed by atoms with Crippen LogP contribution in [0.2, 0.25) is 0 Å². The summed E-state index contributed by atoms with van der Waals surface area (Å²) in [6, 6.07) is 9.57. The molecule has 1 N–H and O–H groups in total. The summed E-state index contributed by atoms with van der Waals surface area (Å²) in [4.78, 5) is 20.3. The fourth-order valence-electron chi connectivity index (χ4n) is 3.37. The van der Waals surface area contributed by atoms with Crippen LogP contribution >= 0.6 is 27.1 Å². The van der Waals surface area contributed by atoms with Crippen molar-refractivity contribution >= 4 is 37.9 Å². The van der Waals surface area contributed by atoms with Gasteiger partial charge in [-0.1, -0.05) is 6.07 Å². The highest BCUT2D eigenvalue weighted by Gasteiger charge is 2.62. The molecular formula is C20H30N3O7P2S+. The lowest BCUT2D eigenvalue weighted by Gasteiger charge is -2.23. The fraction of sp³-hybridized carbons (Fsp3) is 0.550. The molecule has 0 spiro atoms. The molecule has 2 aromatic rings.